The maximum absolute atomic E-state index is 5.12. The smallest absolute Gasteiger partial charge is 0.146 e. The highest BCUT2D eigenvalue weighted by molar-refractivity contribution is 5.85. The first-order chi connectivity index (χ1) is 2.89. The molecule has 0 aromatic carbocycles. The first kappa shape index (κ1) is 6.30. The van der Waals surface area contributed by atoms with Crippen LogP contribution in [0.25, 0.3) is 0 Å². The Kier molecular flexibility index (Phi) is 2.22. The monoisotopic (exact) mass is 120 g/mol. The molecule has 0 bridgehead atoms. The summed E-state index contributed by atoms with van der Waals surface area (Å²) in [7, 11) is 0. The number of nitrogens with zero attached hydrogens (tertiary/aromatic N) is 1. The van der Waals surface area contributed by atoms with E-state index in [4.69, 9.17) is 5.73 Å². The van der Waals surface area contributed by atoms with Crippen LogP contribution in [0.3, 0.4) is 0 Å². The van der Waals surface area contributed by atoms with Crippen molar-refractivity contribution in [3.63, 3.8) is 0 Å². The predicted octanol–water partition coefficient (Wildman–Crippen LogP) is 0.679. The Labute approximate surface area is 46.9 Å². The molecule has 0 radical (unpaired) electrons. The zero-order valence-electron chi connectivity index (χ0n) is 3.50. The highest BCUT2D eigenvalue weighted by Gasteiger charge is 1.78. The number of anilines is 1. The van der Waals surface area contributed by atoms with Gasteiger partial charge in [-0.05, 0) is 0 Å². The molecule has 7 heavy (non-hydrogen) atoms. The SMILES string of the molecule is Cl.Nc1cnoc1. The van der Waals surface area contributed by atoms with E-state index in [1.165, 1.54) is 12.5 Å². The van der Waals surface area contributed by atoms with Crippen LogP contribution in [0, 0.1) is 0 Å². The number of hydrogen-bond donors (Lipinski definition) is 1. The summed E-state index contributed by atoms with van der Waals surface area (Å²) in [6.07, 6.45) is 2.82. The van der Waals surface area contributed by atoms with Crippen LogP contribution >= 0.6 is 12.4 Å². The van der Waals surface area contributed by atoms with Gasteiger partial charge in [0.05, 0.1) is 11.9 Å². The molecule has 0 unspecified atom stereocenters. The molecular weight excluding hydrogens is 115 g/mol. The van der Waals surface area contributed by atoms with E-state index >= 15 is 0 Å². The molecule has 0 fully saturated rings. The molecule has 0 saturated heterocycles. The first-order valence-electron chi connectivity index (χ1n) is 1.54. The molecular formula is C3H5ClN2O. The van der Waals surface area contributed by atoms with Gasteiger partial charge in [0.25, 0.3) is 0 Å². The summed E-state index contributed by atoms with van der Waals surface area (Å²) in [6.45, 7) is 0. The van der Waals surface area contributed by atoms with E-state index < -0.39 is 0 Å². The van der Waals surface area contributed by atoms with E-state index in [1.807, 2.05) is 0 Å². The van der Waals surface area contributed by atoms with Crippen LogP contribution < -0.4 is 5.73 Å². The second-order valence-corrected chi connectivity index (χ2v) is 0.958. The van der Waals surface area contributed by atoms with E-state index in [0.29, 0.717) is 5.69 Å². The fourth-order valence-electron chi connectivity index (χ4n) is 0.213. The molecule has 0 aliphatic rings. The van der Waals surface area contributed by atoms with Gasteiger partial charge in [-0.15, -0.1) is 12.4 Å². The van der Waals surface area contributed by atoms with Crippen molar-refractivity contribution in [2.24, 2.45) is 0 Å². The van der Waals surface area contributed by atoms with Crippen molar-refractivity contribution in [1.82, 2.24) is 5.16 Å². The minimum absolute atomic E-state index is 0. The molecule has 2 N–H and O–H groups in total. The molecule has 1 rings (SSSR count). The molecule has 0 spiro atoms. The molecule has 40 valence electrons. The van der Waals surface area contributed by atoms with Crippen LogP contribution in [0.2, 0.25) is 0 Å². The number of nitrogens with two attached hydrogens (primary N) is 1. The molecule has 4 heteroatoms. The summed E-state index contributed by atoms with van der Waals surface area (Å²) >= 11 is 0. The lowest BCUT2D eigenvalue weighted by Crippen LogP contribution is -1.75. The summed E-state index contributed by atoms with van der Waals surface area (Å²) in [5, 5.41) is 3.32. The Bertz CT molecular complexity index is 116. The third kappa shape index (κ3) is 1.45. The summed E-state index contributed by atoms with van der Waals surface area (Å²) < 4.78 is 4.34. The van der Waals surface area contributed by atoms with Gasteiger partial charge in [-0.1, -0.05) is 5.16 Å². The van der Waals surface area contributed by atoms with E-state index in [-0.39, 0.29) is 12.4 Å². The van der Waals surface area contributed by atoms with Crippen molar-refractivity contribution in [3.05, 3.63) is 12.5 Å². The molecule has 0 atom stereocenters. The van der Waals surface area contributed by atoms with E-state index in [2.05, 4.69) is 9.68 Å². The van der Waals surface area contributed by atoms with E-state index in [0.717, 1.165) is 0 Å². The highest BCUT2D eigenvalue weighted by Crippen LogP contribution is 1.92. The zero-order chi connectivity index (χ0) is 4.41. The van der Waals surface area contributed by atoms with Crippen LogP contribution in [-0.4, -0.2) is 5.16 Å². The minimum atomic E-state index is 0. The Morgan fingerprint density at radius 2 is 2.43 bits per heavy atom. The fourth-order valence-corrected chi connectivity index (χ4v) is 0.213. The van der Waals surface area contributed by atoms with Crippen LogP contribution in [-0.2, 0) is 0 Å². The maximum atomic E-state index is 5.12. The van der Waals surface area contributed by atoms with Gasteiger partial charge < -0.3 is 10.3 Å². The molecule has 0 aliphatic carbocycles. The molecule has 3 nitrogen and oxygen atoms in total. The zero-order valence-corrected chi connectivity index (χ0v) is 4.31. The van der Waals surface area contributed by atoms with Crippen LogP contribution in [0.1, 0.15) is 0 Å². The number of hydrogen-bond acceptors (Lipinski definition) is 3. The summed E-state index contributed by atoms with van der Waals surface area (Å²) in [6, 6.07) is 0. The minimum Gasteiger partial charge on any atom is -0.395 e. The largest absolute Gasteiger partial charge is 0.395 e. The average Bonchev–Trinajstić information content (AvgIpc) is 1.86. The Morgan fingerprint density at radius 1 is 1.71 bits per heavy atom. The molecule has 1 aromatic heterocycles. The van der Waals surface area contributed by atoms with Gasteiger partial charge >= 0.3 is 0 Å². The van der Waals surface area contributed by atoms with Gasteiger partial charge in [0.1, 0.15) is 6.26 Å². The van der Waals surface area contributed by atoms with Crippen molar-refractivity contribution in [2.75, 3.05) is 5.73 Å². The fraction of sp³-hybridized carbons (Fsp3) is 0. The van der Waals surface area contributed by atoms with Crippen LogP contribution in [0.15, 0.2) is 17.0 Å². The van der Waals surface area contributed by atoms with Crippen LogP contribution in [0.4, 0.5) is 5.69 Å². The molecule has 1 heterocycles. The summed E-state index contributed by atoms with van der Waals surface area (Å²) in [5.41, 5.74) is 5.69. The van der Waals surface area contributed by atoms with Gasteiger partial charge in [-0.25, -0.2) is 0 Å². The lowest BCUT2D eigenvalue weighted by Gasteiger charge is -1.63. The number of aromatic nitrogens is 1. The topological polar surface area (TPSA) is 52.0 Å². The van der Waals surface area contributed by atoms with Gasteiger partial charge in [0.2, 0.25) is 0 Å². The van der Waals surface area contributed by atoms with Crippen molar-refractivity contribution < 1.29 is 4.52 Å². The molecule has 0 aliphatic heterocycles. The molecule has 0 amide bonds. The van der Waals surface area contributed by atoms with Crippen molar-refractivity contribution in [2.45, 2.75) is 0 Å². The summed E-state index contributed by atoms with van der Waals surface area (Å²) in [4.78, 5) is 0. The highest BCUT2D eigenvalue weighted by atomic mass is 35.5. The molecule has 1 aromatic rings. The van der Waals surface area contributed by atoms with E-state index in [9.17, 15) is 0 Å². The Morgan fingerprint density at radius 3 is 2.57 bits per heavy atom. The normalized spacial score (nSPS) is 7.43. The van der Waals surface area contributed by atoms with Crippen molar-refractivity contribution >= 4 is 18.1 Å². The van der Waals surface area contributed by atoms with Gasteiger partial charge in [-0.2, -0.15) is 0 Å². The third-order valence-electron chi connectivity index (χ3n) is 0.451. The molecule has 0 saturated carbocycles. The number of nitrogen functional groups attached to an aromatic ring is 1. The first-order valence-corrected chi connectivity index (χ1v) is 1.54. The van der Waals surface area contributed by atoms with Crippen molar-refractivity contribution in [3.8, 4) is 0 Å². The quantitative estimate of drug-likeness (QED) is 0.548. The third-order valence-corrected chi connectivity index (χ3v) is 0.451. The second kappa shape index (κ2) is 2.47. The predicted molar refractivity (Wildman–Crippen MR) is 28.2 cm³/mol. The van der Waals surface area contributed by atoms with E-state index in [1.54, 1.807) is 0 Å². The summed E-state index contributed by atoms with van der Waals surface area (Å²) in [5.74, 6) is 0. The lowest BCUT2D eigenvalue weighted by atomic mass is 10.6. The second-order valence-electron chi connectivity index (χ2n) is 0.958. The number of halogens is 1. The Balaban J connectivity index is 0.000000360. The van der Waals surface area contributed by atoms with Gasteiger partial charge in [0.15, 0.2) is 0 Å². The lowest BCUT2D eigenvalue weighted by molar-refractivity contribution is 0.420. The average molecular weight is 121 g/mol. The Hall–Kier alpha value is -0.700. The van der Waals surface area contributed by atoms with Gasteiger partial charge in [0, 0.05) is 0 Å². The standard InChI is InChI=1S/C3H4N2O.ClH/c4-3-1-5-6-2-3;/h1-2H,4H2;1H. The number of rotatable bonds is 0. The van der Waals surface area contributed by atoms with Crippen LogP contribution in [0.5, 0.6) is 0 Å². The van der Waals surface area contributed by atoms with Gasteiger partial charge in [-0.3, -0.25) is 0 Å². The maximum Gasteiger partial charge on any atom is 0.146 e. The van der Waals surface area contributed by atoms with Crippen molar-refractivity contribution in [1.29, 1.82) is 0 Å².